The van der Waals surface area contributed by atoms with Crippen molar-refractivity contribution in [2.45, 2.75) is 18.9 Å². The molecule has 1 unspecified atom stereocenters. The van der Waals surface area contributed by atoms with Gasteiger partial charge in [0, 0.05) is 42.2 Å². The van der Waals surface area contributed by atoms with E-state index in [1.807, 2.05) is 48.7 Å². The Morgan fingerprint density at radius 2 is 1.59 bits per heavy atom. The molecule has 0 N–H and O–H groups in total. The van der Waals surface area contributed by atoms with Gasteiger partial charge < -0.3 is 4.57 Å². The summed E-state index contributed by atoms with van der Waals surface area (Å²) >= 11 is 0. The maximum absolute atomic E-state index is 13.3. The molecule has 32 heavy (non-hydrogen) atoms. The number of hydrogen-bond acceptors (Lipinski definition) is 4. The molecule has 0 aliphatic carbocycles. The van der Waals surface area contributed by atoms with E-state index >= 15 is 0 Å². The van der Waals surface area contributed by atoms with Crippen LogP contribution in [0.15, 0.2) is 85.1 Å². The molecule has 0 bridgehead atoms. The van der Waals surface area contributed by atoms with Gasteiger partial charge in [-0.1, -0.05) is 48.5 Å². The van der Waals surface area contributed by atoms with Gasteiger partial charge in [-0.25, -0.2) is 4.90 Å². The zero-order valence-electron chi connectivity index (χ0n) is 17.0. The summed E-state index contributed by atoms with van der Waals surface area (Å²) in [6, 6.07) is 23.4. The van der Waals surface area contributed by atoms with Gasteiger partial charge in [-0.2, -0.15) is 0 Å². The standard InChI is InChI=1S/C25H19N3O4/c29-24-14-21(25(30)27(24)18-10-12-19(13-11-18)28(31)32)22-16-26(15-17-6-2-1-3-7-17)23-9-5-4-8-20(22)23/h1-13,16,21H,14-15H2. The highest BCUT2D eigenvalue weighted by Crippen LogP contribution is 2.38. The van der Waals surface area contributed by atoms with Crippen LogP contribution in [0.4, 0.5) is 11.4 Å². The van der Waals surface area contributed by atoms with E-state index in [2.05, 4.69) is 16.7 Å². The fraction of sp³-hybridized carbons (Fsp3) is 0.120. The Balaban J connectivity index is 1.51. The summed E-state index contributed by atoms with van der Waals surface area (Å²) in [6.45, 7) is 0.655. The number of rotatable bonds is 5. The van der Waals surface area contributed by atoms with E-state index in [4.69, 9.17) is 0 Å². The first-order valence-corrected chi connectivity index (χ1v) is 10.3. The van der Waals surface area contributed by atoms with Crippen LogP contribution in [0.1, 0.15) is 23.5 Å². The molecule has 1 atom stereocenters. The topological polar surface area (TPSA) is 85.5 Å². The number of carbonyl (C=O) groups is 2. The molecule has 2 amide bonds. The number of carbonyl (C=O) groups excluding carboxylic acids is 2. The van der Waals surface area contributed by atoms with Crippen molar-refractivity contribution >= 4 is 34.1 Å². The van der Waals surface area contributed by atoms with Crippen LogP contribution in [0.3, 0.4) is 0 Å². The van der Waals surface area contributed by atoms with Gasteiger partial charge in [0.05, 0.1) is 16.5 Å². The predicted octanol–water partition coefficient (Wildman–Crippen LogP) is 4.64. The molecule has 3 aromatic carbocycles. The number of nitrogens with zero attached hydrogens (tertiary/aromatic N) is 3. The van der Waals surface area contributed by atoms with Crippen LogP contribution in [0, 0.1) is 10.1 Å². The minimum atomic E-state index is -0.598. The second kappa shape index (κ2) is 7.77. The Labute approximate surface area is 183 Å². The number of nitro groups is 1. The average Bonchev–Trinajstić information content (AvgIpc) is 3.31. The number of para-hydroxylation sites is 1. The van der Waals surface area contributed by atoms with Gasteiger partial charge in [0.2, 0.25) is 11.8 Å². The van der Waals surface area contributed by atoms with Gasteiger partial charge in [-0.05, 0) is 29.3 Å². The number of anilines is 1. The zero-order chi connectivity index (χ0) is 22.2. The Bertz CT molecular complexity index is 1340. The smallest absolute Gasteiger partial charge is 0.269 e. The lowest BCUT2D eigenvalue weighted by atomic mass is 9.97. The third kappa shape index (κ3) is 3.33. The van der Waals surface area contributed by atoms with Gasteiger partial charge >= 0.3 is 0 Å². The first-order chi connectivity index (χ1) is 15.5. The number of aromatic nitrogens is 1. The van der Waals surface area contributed by atoms with Gasteiger partial charge in [0.1, 0.15) is 0 Å². The van der Waals surface area contributed by atoms with Crippen LogP contribution >= 0.6 is 0 Å². The monoisotopic (exact) mass is 425 g/mol. The Kier molecular flexibility index (Phi) is 4.78. The molecule has 7 nitrogen and oxygen atoms in total. The molecule has 0 radical (unpaired) electrons. The van der Waals surface area contributed by atoms with Crippen LogP contribution < -0.4 is 4.90 Å². The Morgan fingerprint density at radius 3 is 2.31 bits per heavy atom. The number of hydrogen-bond donors (Lipinski definition) is 0. The van der Waals surface area contributed by atoms with E-state index in [-0.39, 0.29) is 23.9 Å². The zero-order valence-corrected chi connectivity index (χ0v) is 17.0. The first-order valence-electron chi connectivity index (χ1n) is 10.3. The van der Waals surface area contributed by atoms with Crippen LogP contribution in [0.25, 0.3) is 10.9 Å². The van der Waals surface area contributed by atoms with Crippen LogP contribution in [-0.2, 0) is 16.1 Å². The van der Waals surface area contributed by atoms with Crippen molar-refractivity contribution in [1.82, 2.24) is 4.57 Å². The molecule has 5 rings (SSSR count). The van der Waals surface area contributed by atoms with Gasteiger partial charge in [0.15, 0.2) is 0 Å². The summed E-state index contributed by atoms with van der Waals surface area (Å²) in [5.74, 6) is -1.22. The summed E-state index contributed by atoms with van der Waals surface area (Å²) in [5, 5.41) is 11.9. The van der Waals surface area contributed by atoms with Crippen LogP contribution in [-0.4, -0.2) is 21.3 Å². The van der Waals surface area contributed by atoms with E-state index in [0.717, 1.165) is 26.9 Å². The van der Waals surface area contributed by atoms with Crippen molar-refractivity contribution in [1.29, 1.82) is 0 Å². The summed E-state index contributed by atoms with van der Waals surface area (Å²) in [4.78, 5) is 37.6. The number of fused-ring (bicyclic) bond motifs is 1. The average molecular weight is 425 g/mol. The van der Waals surface area contributed by atoms with E-state index in [1.165, 1.54) is 24.3 Å². The van der Waals surface area contributed by atoms with Gasteiger partial charge in [0.25, 0.3) is 5.69 Å². The molecule has 1 aromatic heterocycles. The molecule has 158 valence electrons. The maximum Gasteiger partial charge on any atom is 0.269 e. The lowest BCUT2D eigenvalue weighted by Gasteiger charge is -2.14. The van der Waals surface area contributed by atoms with Crippen molar-refractivity contribution in [3.05, 3.63) is 106 Å². The first kappa shape index (κ1) is 19.7. The second-order valence-corrected chi connectivity index (χ2v) is 7.81. The molecule has 1 saturated heterocycles. The van der Waals surface area contributed by atoms with Crippen molar-refractivity contribution in [3.63, 3.8) is 0 Å². The lowest BCUT2D eigenvalue weighted by molar-refractivity contribution is -0.384. The predicted molar refractivity (Wildman–Crippen MR) is 120 cm³/mol. The van der Waals surface area contributed by atoms with E-state index in [0.29, 0.717) is 12.2 Å². The number of non-ortho nitro benzene ring substituents is 1. The molecule has 4 aromatic rings. The molecule has 0 saturated carbocycles. The molecule has 2 heterocycles. The maximum atomic E-state index is 13.3. The van der Waals surface area contributed by atoms with E-state index in [1.54, 1.807) is 0 Å². The molecule has 1 aliphatic heterocycles. The largest absolute Gasteiger partial charge is 0.343 e. The van der Waals surface area contributed by atoms with Crippen molar-refractivity contribution < 1.29 is 14.5 Å². The summed E-state index contributed by atoms with van der Waals surface area (Å²) in [6.07, 6.45) is 2.03. The third-order valence-electron chi connectivity index (χ3n) is 5.86. The Morgan fingerprint density at radius 1 is 0.906 bits per heavy atom. The number of imide groups is 1. The highest BCUT2D eigenvalue weighted by molar-refractivity contribution is 6.23. The molecule has 7 heteroatoms. The molecular formula is C25H19N3O4. The van der Waals surface area contributed by atoms with Crippen LogP contribution in [0.5, 0.6) is 0 Å². The fourth-order valence-corrected chi connectivity index (χ4v) is 4.33. The highest BCUT2D eigenvalue weighted by Gasteiger charge is 2.41. The lowest BCUT2D eigenvalue weighted by Crippen LogP contribution is -2.29. The van der Waals surface area contributed by atoms with Crippen molar-refractivity contribution in [2.75, 3.05) is 4.90 Å². The van der Waals surface area contributed by atoms with Gasteiger partial charge in [-0.15, -0.1) is 0 Å². The summed E-state index contributed by atoms with van der Waals surface area (Å²) < 4.78 is 2.10. The SMILES string of the molecule is O=C1CC(c2cn(Cc3ccccc3)c3ccccc23)C(=O)N1c1ccc([N+](=O)[O-])cc1. The second-order valence-electron chi connectivity index (χ2n) is 7.81. The minimum absolute atomic E-state index is 0.0646. The minimum Gasteiger partial charge on any atom is -0.343 e. The Hall–Kier alpha value is -4.26. The molecule has 1 fully saturated rings. The molecular weight excluding hydrogens is 406 g/mol. The van der Waals surface area contributed by atoms with Crippen LogP contribution in [0.2, 0.25) is 0 Å². The normalized spacial score (nSPS) is 16.1. The molecule has 1 aliphatic rings. The third-order valence-corrected chi connectivity index (χ3v) is 5.86. The number of amides is 2. The van der Waals surface area contributed by atoms with Crippen molar-refractivity contribution in [3.8, 4) is 0 Å². The number of benzene rings is 3. The molecule has 0 spiro atoms. The summed E-state index contributed by atoms with van der Waals surface area (Å²) in [5.41, 5.74) is 3.22. The van der Waals surface area contributed by atoms with Gasteiger partial charge in [-0.3, -0.25) is 19.7 Å². The summed E-state index contributed by atoms with van der Waals surface area (Å²) in [7, 11) is 0. The van der Waals surface area contributed by atoms with Crippen molar-refractivity contribution in [2.24, 2.45) is 0 Å². The fourth-order valence-electron chi connectivity index (χ4n) is 4.33. The quantitative estimate of drug-likeness (QED) is 0.265. The highest BCUT2D eigenvalue weighted by atomic mass is 16.6. The van der Waals surface area contributed by atoms with E-state index in [9.17, 15) is 19.7 Å². The number of nitro benzene ring substituents is 1. The van der Waals surface area contributed by atoms with E-state index < -0.39 is 10.8 Å².